The molecule has 176 valence electrons. The maximum absolute atomic E-state index is 14.5. The predicted molar refractivity (Wildman–Crippen MR) is 130 cm³/mol. The summed E-state index contributed by atoms with van der Waals surface area (Å²) < 4.78 is 20.0. The molecule has 0 aliphatic heterocycles. The second-order valence-electron chi connectivity index (χ2n) is 9.17. The molecule has 4 aromatic rings. The molecule has 6 rings (SSSR count). The number of halogens is 1. The summed E-state index contributed by atoms with van der Waals surface area (Å²) in [4.78, 5) is 29.4. The molecule has 0 bridgehead atoms. The Labute approximate surface area is 203 Å². The SMILES string of the molecule is CCc1cc(F)cc2c1[nH]c1nc(Sc3nc(C(=O)OC)cs3)nc(C3CC4CC(N)C4C3)c12. The summed E-state index contributed by atoms with van der Waals surface area (Å²) in [5, 5.41) is 3.97. The molecule has 3 heterocycles. The van der Waals surface area contributed by atoms with E-state index in [2.05, 4.69) is 9.97 Å². The van der Waals surface area contributed by atoms with Crippen LogP contribution in [0.15, 0.2) is 27.0 Å². The van der Waals surface area contributed by atoms with Crippen molar-refractivity contribution < 1.29 is 13.9 Å². The van der Waals surface area contributed by atoms with E-state index in [4.69, 9.17) is 20.4 Å². The van der Waals surface area contributed by atoms with Crippen LogP contribution in [0.2, 0.25) is 0 Å². The molecule has 1 aromatic carbocycles. The Kier molecular flexibility index (Phi) is 5.34. The van der Waals surface area contributed by atoms with Crippen LogP contribution in [-0.2, 0) is 11.2 Å². The Morgan fingerprint density at radius 1 is 1.29 bits per heavy atom. The molecule has 10 heteroatoms. The van der Waals surface area contributed by atoms with Crippen LogP contribution >= 0.6 is 23.1 Å². The van der Waals surface area contributed by atoms with E-state index in [1.54, 1.807) is 17.5 Å². The highest BCUT2D eigenvalue weighted by Crippen LogP contribution is 2.53. The molecule has 2 fully saturated rings. The number of hydrogen-bond acceptors (Lipinski definition) is 8. The van der Waals surface area contributed by atoms with Crippen LogP contribution in [-0.4, -0.2) is 39.1 Å². The number of carbonyl (C=O) groups excluding carboxylic acids is 1. The average molecular weight is 498 g/mol. The maximum Gasteiger partial charge on any atom is 0.357 e. The molecule has 2 aliphatic carbocycles. The molecule has 0 saturated heterocycles. The number of thiazole rings is 1. The molecule has 34 heavy (non-hydrogen) atoms. The Balaban J connectivity index is 1.48. The second-order valence-corrected chi connectivity index (χ2v) is 11.2. The van der Waals surface area contributed by atoms with Crippen LogP contribution in [0.1, 0.15) is 53.8 Å². The summed E-state index contributed by atoms with van der Waals surface area (Å²) in [5.74, 6) is 0.698. The fourth-order valence-electron chi connectivity index (χ4n) is 5.64. The number of benzene rings is 1. The van der Waals surface area contributed by atoms with Gasteiger partial charge in [0.2, 0.25) is 0 Å². The molecule has 2 aliphatic rings. The van der Waals surface area contributed by atoms with E-state index in [9.17, 15) is 9.18 Å². The zero-order valence-electron chi connectivity index (χ0n) is 18.8. The molecule has 3 N–H and O–H groups in total. The number of aromatic nitrogens is 4. The van der Waals surface area contributed by atoms with Gasteiger partial charge in [0.15, 0.2) is 15.2 Å². The standard InChI is InChI=1S/C24H24FN5O2S2/c1-3-10-5-13(25)8-15-18-20(12-4-11-7-16(26)14(11)6-12)29-23(30-21(18)28-19(10)15)34-24-27-17(9-33-24)22(31)32-2/h5,8-9,11-12,14,16H,3-4,6-7,26H2,1-2H3,(H,28,29,30). The van der Waals surface area contributed by atoms with Crippen LogP contribution in [0, 0.1) is 17.7 Å². The monoisotopic (exact) mass is 497 g/mol. The molecular formula is C24H24FN5O2S2. The molecule has 0 radical (unpaired) electrons. The molecular weight excluding hydrogens is 473 g/mol. The van der Waals surface area contributed by atoms with Crippen molar-refractivity contribution in [3.05, 3.63) is 40.3 Å². The molecule has 0 amide bonds. The van der Waals surface area contributed by atoms with Gasteiger partial charge < -0.3 is 15.5 Å². The highest BCUT2D eigenvalue weighted by molar-refractivity contribution is 8.00. The first-order valence-electron chi connectivity index (χ1n) is 11.4. The summed E-state index contributed by atoms with van der Waals surface area (Å²) in [6.07, 6.45) is 3.81. The van der Waals surface area contributed by atoms with Crippen molar-refractivity contribution in [1.82, 2.24) is 19.9 Å². The first-order chi connectivity index (χ1) is 16.4. The number of nitrogens with zero attached hydrogens (tertiary/aromatic N) is 3. The first kappa shape index (κ1) is 21.9. The van der Waals surface area contributed by atoms with E-state index in [1.807, 2.05) is 6.92 Å². The Bertz CT molecular complexity index is 1430. The third-order valence-corrected chi connectivity index (χ3v) is 9.12. The summed E-state index contributed by atoms with van der Waals surface area (Å²) >= 11 is 2.67. The van der Waals surface area contributed by atoms with Crippen LogP contribution in [0.25, 0.3) is 21.9 Å². The maximum atomic E-state index is 14.5. The topological polar surface area (TPSA) is 107 Å². The van der Waals surface area contributed by atoms with E-state index in [0.717, 1.165) is 46.8 Å². The van der Waals surface area contributed by atoms with Gasteiger partial charge in [-0.2, -0.15) is 0 Å². The van der Waals surface area contributed by atoms with Gasteiger partial charge in [-0.1, -0.05) is 6.92 Å². The van der Waals surface area contributed by atoms with Gasteiger partial charge in [0.05, 0.1) is 18.3 Å². The van der Waals surface area contributed by atoms with E-state index in [0.29, 0.717) is 33.4 Å². The lowest BCUT2D eigenvalue weighted by Gasteiger charge is -2.37. The van der Waals surface area contributed by atoms with Crippen molar-refractivity contribution in [2.45, 2.75) is 54.1 Å². The van der Waals surface area contributed by atoms with E-state index < -0.39 is 5.97 Å². The fourth-order valence-corrected chi connectivity index (χ4v) is 7.30. The lowest BCUT2D eigenvalue weighted by atomic mass is 9.72. The van der Waals surface area contributed by atoms with Crippen molar-refractivity contribution >= 4 is 51.0 Å². The Morgan fingerprint density at radius 2 is 2.15 bits per heavy atom. The van der Waals surface area contributed by atoms with Crippen molar-refractivity contribution in [2.75, 3.05) is 7.11 Å². The second kappa shape index (κ2) is 8.28. The number of aromatic amines is 1. The zero-order valence-corrected chi connectivity index (χ0v) is 20.4. The summed E-state index contributed by atoms with van der Waals surface area (Å²) in [5.41, 5.74) is 10.0. The van der Waals surface area contributed by atoms with Crippen LogP contribution in [0.4, 0.5) is 4.39 Å². The van der Waals surface area contributed by atoms with Crippen molar-refractivity contribution in [3.63, 3.8) is 0 Å². The lowest BCUT2D eigenvalue weighted by molar-refractivity contribution is 0.0594. The summed E-state index contributed by atoms with van der Waals surface area (Å²) in [7, 11) is 1.34. The number of nitrogens with two attached hydrogens (primary N) is 1. The van der Waals surface area contributed by atoms with Gasteiger partial charge in [-0.25, -0.2) is 24.1 Å². The number of methoxy groups -OCH3 is 1. The van der Waals surface area contributed by atoms with Crippen LogP contribution < -0.4 is 5.73 Å². The van der Waals surface area contributed by atoms with Crippen molar-refractivity contribution in [1.29, 1.82) is 0 Å². The van der Waals surface area contributed by atoms with Gasteiger partial charge in [-0.15, -0.1) is 11.3 Å². The molecule has 4 unspecified atom stereocenters. The summed E-state index contributed by atoms with van der Waals surface area (Å²) in [6, 6.07) is 3.44. The number of carbonyl (C=O) groups is 1. The summed E-state index contributed by atoms with van der Waals surface area (Å²) in [6.45, 7) is 2.02. The number of aryl methyl sites for hydroxylation is 1. The number of rotatable bonds is 5. The Hall–Kier alpha value is -2.56. The third kappa shape index (κ3) is 3.50. The number of ether oxygens (including phenoxy) is 1. The minimum absolute atomic E-state index is 0.249. The minimum atomic E-state index is -0.470. The average Bonchev–Trinajstić information content (AvgIpc) is 3.52. The number of esters is 1. The van der Waals surface area contributed by atoms with Gasteiger partial charge in [-0.3, -0.25) is 0 Å². The van der Waals surface area contributed by atoms with Crippen LogP contribution in [0.5, 0.6) is 0 Å². The van der Waals surface area contributed by atoms with Crippen molar-refractivity contribution in [3.8, 4) is 0 Å². The predicted octanol–water partition coefficient (Wildman–Crippen LogP) is 5.05. The number of nitrogens with one attached hydrogen (secondary N) is 1. The van der Waals surface area contributed by atoms with Gasteiger partial charge in [0.25, 0.3) is 0 Å². The zero-order chi connectivity index (χ0) is 23.6. The van der Waals surface area contributed by atoms with E-state index >= 15 is 0 Å². The molecule has 0 spiro atoms. The largest absolute Gasteiger partial charge is 0.464 e. The molecule has 3 aromatic heterocycles. The number of hydrogen-bond donors (Lipinski definition) is 2. The van der Waals surface area contributed by atoms with Gasteiger partial charge in [-0.05, 0) is 67.0 Å². The molecule has 2 saturated carbocycles. The minimum Gasteiger partial charge on any atom is -0.464 e. The van der Waals surface area contributed by atoms with Gasteiger partial charge >= 0.3 is 5.97 Å². The van der Waals surface area contributed by atoms with Gasteiger partial charge in [0.1, 0.15) is 11.5 Å². The fraction of sp³-hybridized carbons (Fsp3) is 0.417. The quantitative estimate of drug-likeness (QED) is 0.294. The lowest BCUT2D eigenvalue weighted by Crippen LogP contribution is -2.44. The van der Waals surface area contributed by atoms with E-state index in [-0.39, 0.29) is 23.5 Å². The van der Waals surface area contributed by atoms with Crippen LogP contribution in [0.3, 0.4) is 0 Å². The number of H-pyrrole nitrogens is 1. The third-order valence-electron chi connectivity index (χ3n) is 7.31. The first-order valence-corrected chi connectivity index (χ1v) is 13.1. The molecule has 4 atom stereocenters. The highest BCUT2D eigenvalue weighted by atomic mass is 32.2. The smallest absolute Gasteiger partial charge is 0.357 e. The van der Waals surface area contributed by atoms with Crippen molar-refractivity contribution in [2.24, 2.45) is 17.6 Å². The Morgan fingerprint density at radius 3 is 2.88 bits per heavy atom. The van der Waals surface area contributed by atoms with E-state index in [1.165, 1.54) is 30.2 Å². The highest BCUT2D eigenvalue weighted by Gasteiger charge is 2.47. The van der Waals surface area contributed by atoms with Gasteiger partial charge in [0, 0.05) is 28.1 Å². The molecule has 7 nitrogen and oxygen atoms in total. The normalized spacial score (nSPS) is 23.9. The number of fused-ring (bicyclic) bond motifs is 4.